The Labute approximate surface area is 256 Å². The van der Waals surface area contributed by atoms with Gasteiger partial charge in [0.25, 0.3) is 15.7 Å². The summed E-state index contributed by atoms with van der Waals surface area (Å²) in [4.78, 5) is 30.2. The number of anilines is 1. The molecule has 0 amide bonds. The number of aliphatic hydroxyl groups is 1. The van der Waals surface area contributed by atoms with Crippen LogP contribution in [-0.4, -0.2) is 78.6 Å². The smallest absolute Gasteiger partial charge is 0.333 e. The van der Waals surface area contributed by atoms with Gasteiger partial charge in [-0.25, -0.2) is 4.79 Å². The van der Waals surface area contributed by atoms with E-state index in [0.717, 1.165) is 19.3 Å². The Morgan fingerprint density at radius 3 is 2.07 bits per heavy atom. The van der Waals surface area contributed by atoms with Gasteiger partial charge in [0.05, 0.1) is 11.5 Å². The normalized spacial score (nSPS) is 15.8. The van der Waals surface area contributed by atoms with Gasteiger partial charge in [0.15, 0.2) is 0 Å². The molecule has 2 aromatic rings. The minimum atomic E-state index is -3.84. The zero-order chi connectivity index (χ0) is 31.9. The zero-order valence-electron chi connectivity index (χ0n) is 26.8. The van der Waals surface area contributed by atoms with E-state index >= 15 is 0 Å². The third kappa shape index (κ3) is 8.93. The summed E-state index contributed by atoms with van der Waals surface area (Å²) in [7, 11) is -3.84. The summed E-state index contributed by atoms with van der Waals surface area (Å²) < 4.78 is 39.2. The maximum Gasteiger partial charge on any atom is 0.333 e. The van der Waals surface area contributed by atoms with Crippen LogP contribution in [0.2, 0.25) is 0 Å². The number of unbranched alkanes of at least 4 members (excludes halogenated alkanes) is 3. The first-order valence-electron chi connectivity index (χ1n) is 15.4. The standard InChI is InChI=1S/C31H50N4O7S/c1-8-9-10-11-20-41-43(39,40)26-14-12-25(13-15-26)42-31(6,7)27(36)22-32-16-18-33(19-17-32)28-21-29(37)35(24(4)5)30(38)34(28)23(2)3/h12-15,21,23-24,27,36H,8-11,16-20,22H2,1-7H3. The van der Waals surface area contributed by atoms with E-state index in [9.17, 15) is 23.1 Å². The number of hydrogen-bond acceptors (Lipinski definition) is 9. The summed E-state index contributed by atoms with van der Waals surface area (Å²) in [5.41, 5.74) is -1.55. The van der Waals surface area contributed by atoms with Crippen molar-refractivity contribution < 1.29 is 22.4 Å². The maximum absolute atomic E-state index is 13.2. The summed E-state index contributed by atoms with van der Waals surface area (Å²) in [5, 5.41) is 11.1. The van der Waals surface area contributed by atoms with Crippen LogP contribution in [0.4, 0.5) is 5.82 Å². The van der Waals surface area contributed by atoms with Gasteiger partial charge in [-0.05, 0) is 72.2 Å². The Hall–Kier alpha value is -2.67. The first kappa shape index (κ1) is 34.8. The molecule has 1 aromatic heterocycles. The lowest BCUT2D eigenvalue weighted by Crippen LogP contribution is -2.54. The number of hydrogen-bond donors (Lipinski definition) is 1. The Morgan fingerprint density at radius 2 is 1.51 bits per heavy atom. The van der Waals surface area contributed by atoms with Crippen LogP contribution in [0.5, 0.6) is 5.75 Å². The predicted octanol–water partition coefficient (Wildman–Crippen LogP) is 3.80. The molecule has 1 unspecified atom stereocenters. The Balaban J connectivity index is 1.59. The molecule has 43 heavy (non-hydrogen) atoms. The molecule has 242 valence electrons. The molecule has 1 fully saturated rings. The lowest BCUT2D eigenvalue weighted by atomic mass is 10.0. The average molecular weight is 623 g/mol. The van der Waals surface area contributed by atoms with Gasteiger partial charge in [0, 0.05) is 50.9 Å². The summed E-state index contributed by atoms with van der Waals surface area (Å²) in [6, 6.07) is 7.27. The molecule has 2 heterocycles. The molecule has 1 aliphatic heterocycles. The van der Waals surface area contributed by atoms with E-state index in [1.165, 1.54) is 16.7 Å². The van der Waals surface area contributed by atoms with E-state index in [2.05, 4.69) is 16.7 Å². The fraction of sp³-hybridized carbons (Fsp3) is 0.677. The number of benzene rings is 1. The van der Waals surface area contributed by atoms with E-state index in [1.807, 2.05) is 27.7 Å². The SMILES string of the molecule is CCCCCCOS(=O)(=O)c1ccc(OC(C)(C)C(O)CN2CCN(c3cc(=O)n(C(C)C)c(=O)n3C(C)C)CC2)cc1. The summed E-state index contributed by atoms with van der Waals surface area (Å²) in [6.07, 6.45) is 2.90. The number of aromatic nitrogens is 2. The molecule has 1 aromatic carbocycles. The largest absolute Gasteiger partial charge is 0.485 e. The van der Waals surface area contributed by atoms with Gasteiger partial charge in [-0.2, -0.15) is 8.42 Å². The molecule has 0 spiro atoms. The van der Waals surface area contributed by atoms with Crippen LogP contribution in [0.1, 0.15) is 86.2 Å². The van der Waals surface area contributed by atoms with Gasteiger partial charge in [-0.3, -0.25) is 23.0 Å². The lowest BCUT2D eigenvalue weighted by Gasteiger charge is -2.40. The minimum absolute atomic E-state index is 0.0657. The van der Waals surface area contributed by atoms with E-state index in [1.54, 1.807) is 36.6 Å². The van der Waals surface area contributed by atoms with Crippen LogP contribution in [0.3, 0.4) is 0 Å². The third-order valence-electron chi connectivity index (χ3n) is 7.84. The number of ether oxygens (including phenoxy) is 1. The second-order valence-electron chi connectivity index (χ2n) is 12.4. The predicted molar refractivity (Wildman–Crippen MR) is 169 cm³/mol. The second kappa shape index (κ2) is 14.9. The molecule has 1 saturated heterocycles. The number of nitrogens with zero attached hydrogens (tertiary/aromatic N) is 4. The van der Waals surface area contributed by atoms with Gasteiger partial charge < -0.3 is 14.7 Å². The Kier molecular flexibility index (Phi) is 12.0. The van der Waals surface area contributed by atoms with Gasteiger partial charge in [-0.15, -0.1) is 0 Å². The number of rotatable bonds is 15. The average Bonchev–Trinajstić information content (AvgIpc) is 2.92. The van der Waals surface area contributed by atoms with Crippen molar-refractivity contribution in [2.45, 2.75) is 103 Å². The molecule has 1 N–H and O–H groups in total. The zero-order valence-corrected chi connectivity index (χ0v) is 27.6. The highest BCUT2D eigenvalue weighted by molar-refractivity contribution is 7.86. The number of piperazine rings is 1. The quantitative estimate of drug-likeness (QED) is 0.233. The van der Waals surface area contributed by atoms with Crippen molar-refractivity contribution in [2.75, 3.05) is 44.2 Å². The van der Waals surface area contributed by atoms with Crippen molar-refractivity contribution in [1.82, 2.24) is 14.0 Å². The topological polar surface area (TPSA) is 123 Å². The molecule has 1 aliphatic rings. The van der Waals surface area contributed by atoms with E-state index in [0.29, 0.717) is 50.7 Å². The highest BCUT2D eigenvalue weighted by Gasteiger charge is 2.33. The van der Waals surface area contributed by atoms with Crippen LogP contribution < -0.4 is 20.9 Å². The second-order valence-corrected chi connectivity index (χ2v) is 14.0. The van der Waals surface area contributed by atoms with Gasteiger partial charge in [0.2, 0.25) is 0 Å². The van der Waals surface area contributed by atoms with Crippen LogP contribution in [0.15, 0.2) is 44.8 Å². The lowest BCUT2D eigenvalue weighted by molar-refractivity contribution is -0.0450. The van der Waals surface area contributed by atoms with Crippen molar-refractivity contribution in [2.24, 2.45) is 0 Å². The van der Waals surface area contributed by atoms with Crippen molar-refractivity contribution in [3.05, 3.63) is 51.2 Å². The van der Waals surface area contributed by atoms with Crippen molar-refractivity contribution in [3.63, 3.8) is 0 Å². The van der Waals surface area contributed by atoms with Gasteiger partial charge in [-0.1, -0.05) is 26.2 Å². The molecule has 12 heteroatoms. The number of aliphatic hydroxyl groups excluding tert-OH is 1. The fourth-order valence-electron chi connectivity index (χ4n) is 5.20. The molecular weight excluding hydrogens is 572 g/mol. The molecule has 0 radical (unpaired) electrons. The first-order chi connectivity index (χ1) is 20.2. The molecule has 11 nitrogen and oxygen atoms in total. The maximum atomic E-state index is 13.2. The Morgan fingerprint density at radius 1 is 0.907 bits per heavy atom. The molecule has 0 saturated carbocycles. The summed E-state index contributed by atoms with van der Waals surface area (Å²) in [5.74, 6) is 1.07. The molecule has 1 atom stereocenters. The van der Waals surface area contributed by atoms with Crippen LogP contribution in [0.25, 0.3) is 0 Å². The summed E-state index contributed by atoms with van der Waals surface area (Å²) >= 11 is 0. The molecular formula is C31H50N4O7S. The molecule has 0 bridgehead atoms. The van der Waals surface area contributed by atoms with Crippen LogP contribution >= 0.6 is 0 Å². The van der Waals surface area contributed by atoms with Gasteiger partial charge in [0.1, 0.15) is 23.3 Å². The highest BCUT2D eigenvalue weighted by Crippen LogP contribution is 2.25. The van der Waals surface area contributed by atoms with E-state index in [4.69, 9.17) is 8.92 Å². The Bertz CT molecular complexity index is 1410. The monoisotopic (exact) mass is 622 g/mol. The van der Waals surface area contributed by atoms with Crippen LogP contribution in [0, 0.1) is 0 Å². The number of β-amino-alcohol motifs (C(OH)–C–C–N with tert-alkyl or cyclic N) is 1. The van der Waals surface area contributed by atoms with E-state index < -0.39 is 21.8 Å². The third-order valence-corrected chi connectivity index (χ3v) is 9.17. The van der Waals surface area contributed by atoms with Crippen molar-refractivity contribution in [3.8, 4) is 5.75 Å². The minimum Gasteiger partial charge on any atom is -0.485 e. The van der Waals surface area contributed by atoms with Gasteiger partial charge >= 0.3 is 5.69 Å². The van der Waals surface area contributed by atoms with Crippen LogP contribution in [-0.2, 0) is 14.3 Å². The molecule has 3 rings (SSSR count). The first-order valence-corrected chi connectivity index (χ1v) is 16.8. The highest BCUT2D eigenvalue weighted by atomic mass is 32.2. The van der Waals surface area contributed by atoms with E-state index in [-0.39, 0.29) is 34.8 Å². The molecule has 0 aliphatic carbocycles. The van der Waals surface area contributed by atoms with Crippen molar-refractivity contribution >= 4 is 15.9 Å². The van der Waals surface area contributed by atoms with Crippen molar-refractivity contribution in [1.29, 1.82) is 0 Å². The summed E-state index contributed by atoms with van der Waals surface area (Å²) in [6.45, 7) is 16.2. The fourth-order valence-corrected chi connectivity index (χ4v) is 6.14.